The van der Waals surface area contributed by atoms with Gasteiger partial charge in [-0.15, -0.1) is 11.3 Å². The van der Waals surface area contributed by atoms with Gasteiger partial charge in [-0.1, -0.05) is 12.1 Å². The van der Waals surface area contributed by atoms with Crippen LogP contribution in [0.25, 0.3) is 0 Å². The SMILES string of the molecule is Cc1ccsc1CN(C)C(=O)COC(=O)c1ccc(CNC(=O)NC(C)C)cc1. The molecule has 0 unspecified atom stereocenters. The molecular weight excluding hydrogens is 390 g/mol. The predicted octanol–water partition coefficient (Wildman–Crippen LogP) is 3.08. The van der Waals surface area contributed by atoms with Gasteiger partial charge < -0.3 is 20.3 Å². The Hall–Kier alpha value is -2.87. The van der Waals surface area contributed by atoms with Crippen LogP contribution in [-0.2, 0) is 22.6 Å². The van der Waals surface area contributed by atoms with E-state index in [0.29, 0.717) is 18.7 Å². The van der Waals surface area contributed by atoms with Crippen molar-refractivity contribution in [3.05, 3.63) is 57.3 Å². The molecule has 0 aliphatic rings. The third kappa shape index (κ3) is 7.23. The molecule has 0 aliphatic heterocycles. The molecule has 1 heterocycles. The third-order valence-corrected chi connectivity index (χ3v) is 5.17. The van der Waals surface area contributed by atoms with E-state index in [1.807, 2.05) is 32.2 Å². The predicted molar refractivity (Wildman–Crippen MR) is 113 cm³/mol. The summed E-state index contributed by atoms with van der Waals surface area (Å²) < 4.78 is 5.14. The van der Waals surface area contributed by atoms with E-state index in [0.717, 1.165) is 16.0 Å². The molecule has 1 aromatic carbocycles. The minimum atomic E-state index is -0.559. The molecule has 0 aliphatic carbocycles. The maximum atomic E-state index is 12.2. The minimum absolute atomic E-state index is 0.0586. The quantitative estimate of drug-likeness (QED) is 0.646. The zero-order valence-corrected chi connectivity index (χ0v) is 18.0. The topological polar surface area (TPSA) is 87.7 Å². The summed E-state index contributed by atoms with van der Waals surface area (Å²) in [6, 6.07) is 8.52. The molecule has 0 bridgehead atoms. The molecule has 2 N–H and O–H groups in total. The summed E-state index contributed by atoms with van der Waals surface area (Å²) in [5.74, 6) is -0.820. The first kappa shape index (κ1) is 22.4. The number of nitrogens with one attached hydrogen (secondary N) is 2. The van der Waals surface area contributed by atoms with Crippen molar-refractivity contribution in [1.29, 1.82) is 0 Å². The molecule has 3 amide bonds. The van der Waals surface area contributed by atoms with Gasteiger partial charge in [-0.3, -0.25) is 4.79 Å². The lowest BCUT2D eigenvalue weighted by Gasteiger charge is -2.17. The normalized spacial score (nSPS) is 10.5. The second-order valence-electron chi connectivity index (χ2n) is 7.03. The number of urea groups is 1. The van der Waals surface area contributed by atoms with E-state index >= 15 is 0 Å². The number of rotatable bonds is 8. The van der Waals surface area contributed by atoms with Gasteiger partial charge in [0.05, 0.1) is 12.1 Å². The Morgan fingerprint density at radius 3 is 2.41 bits per heavy atom. The molecular formula is C21H27N3O4S. The Morgan fingerprint density at radius 2 is 1.83 bits per heavy atom. The number of aryl methyl sites for hydroxylation is 1. The maximum Gasteiger partial charge on any atom is 0.338 e. The molecule has 0 spiro atoms. The van der Waals surface area contributed by atoms with Gasteiger partial charge in [0.15, 0.2) is 6.61 Å². The van der Waals surface area contributed by atoms with Crippen LogP contribution in [0.4, 0.5) is 4.79 Å². The Kier molecular flexibility index (Phi) is 8.21. The molecule has 7 nitrogen and oxygen atoms in total. The van der Waals surface area contributed by atoms with E-state index < -0.39 is 5.97 Å². The summed E-state index contributed by atoms with van der Waals surface area (Å²) in [7, 11) is 1.69. The lowest BCUT2D eigenvalue weighted by molar-refractivity contribution is -0.133. The van der Waals surface area contributed by atoms with Gasteiger partial charge in [0, 0.05) is 24.5 Å². The maximum absolute atomic E-state index is 12.2. The van der Waals surface area contributed by atoms with Crippen molar-refractivity contribution in [1.82, 2.24) is 15.5 Å². The summed E-state index contributed by atoms with van der Waals surface area (Å²) >= 11 is 1.59. The van der Waals surface area contributed by atoms with Crippen molar-refractivity contribution >= 4 is 29.2 Å². The number of carbonyl (C=O) groups excluding carboxylic acids is 3. The van der Waals surface area contributed by atoms with Crippen LogP contribution < -0.4 is 10.6 Å². The van der Waals surface area contributed by atoms with Crippen LogP contribution in [0.2, 0.25) is 0 Å². The molecule has 0 saturated heterocycles. The second kappa shape index (κ2) is 10.6. The van der Waals surface area contributed by atoms with Crippen LogP contribution in [0.1, 0.15) is 40.2 Å². The van der Waals surface area contributed by atoms with E-state index in [-0.39, 0.29) is 24.6 Å². The summed E-state index contributed by atoms with van der Waals surface area (Å²) in [5, 5.41) is 7.46. The largest absolute Gasteiger partial charge is 0.452 e. The Balaban J connectivity index is 1.79. The lowest BCUT2D eigenvalue weighted by Crippen LogP contribution is -2.39. The number of likely N-dealkylation sites (N-methyl/N-ethyl adjacent to an activating group) is 1. The van der Waals surface area contributed by atoms with E-state index in [4.69, 9.17) is 4.74 Å². The third-order valence-electron chi connectivity index (χ3n) is 4.16. The molecule has 0 fully saturated rings. The van der Waals surface area contributed by atoms with Crippen molar-refractivity contribution in [2.24, 2.45) is 0 Å². The molecule has 0 atom stereocenters. The van der Waals surface area contributed by atoms with Crippen molar-refractivity contribution in [2.75, 3.05) is 13.7 Å². The standard InChI is InChI=1S/C21H27N3O4S/c1-14(2)23-21(27)22-11-16-5-7-17(8-6-16)20(26)28-13-19(25)24(4)12-18-15(3)9-10-29-18/h5-10,14H,11-13H2,1-4H3,(H2,22,23,27). The highest BCUT2D eigenvalue weighted by atomic mass is 32.1. The number of amides is 3. The van der Waals surface area contributed by atoms with Gasteiger partial charge >= 0.3 is 12.0 Å². The smallest absolute Gasteiger partial charge is 0.338 e. The van der Waals surface area contributed by atoms with E-state index in [9.17, 15) is 14.4 Å². The first-order chi connectivity index (χ1) is 13.8. The Labute approximate surface area is 175 Å². The highest BCUT2D eigenvalue weighted by molar-refractivity contribution is 7.10. The minimum Gasteiger partial charge on any atom is -0.452 e. The highest BCUT2D eigenvalue weighted by Gasteiger charge is 2.15. The van der Waals surface area contributed by atoms with Crippen molar-refractivity contribution in [3.8, 4) is 0 Å². The van der Waals surface area contributed by atoms with Gasteiger partial charge in [-0.2, -0.15) is 0 Å². The van der Waals surface area contributed by atoms with Gasteiger partial charge in [0.2, 0.25) is 0 Å². The van der Waals surface area contributed by atoms with Crippen LogP contribution in [0.15, 0.2) is 35.7 Å². The fraction of sp³-hybridized carbons (Fsp3) is 0.381. The van der Waals surface area contributed by atoms with Crippen LogP contribution in [-0.4, -0.2) is 42.5 Å². The van der Waals surface area contributed by atoms with E-state index in [1.54, 1.807) is 47.5 Å². The fourth-order valence-electron chi connectivity index (χ4n) is 2.44. The number of hydrogen-bond acceptors (Lipinski definition) is 5. The van der Waals surface area contributed by atoms with Crippen molar-refractivity contribution in [3.63, 3.8) is 0 Å². The first-order valence-electron chi connectivity index (χ1n) is 9.33. The summed E-state index contributed by atoms with van der Waals surface area (Å²) in [4.78, 5) is 38.6. The second-order valence-corrected chi connectivity index (χ2v) is 8.03. The number of ether oxygens (including phenoxy) is 1. The number of thiophene rings is 1. The first-order valence-corrected chi connectivity index (χ1v) is 10.2. The molecule has 156 valence electrons. The zero-order valence-electron chi connectivity index (χ0n) is 17.2. The van der Waals surface area contributed by atoms with E-state index in [2.05, 4.69) is 10.6 Å². The molecule has 29 heavy (non-hydrogen) atoms. The molecule has 0 radical (unpaired) electrons. The molecule has 8 heteroatoms. The molecule has 0 saturated carbocycles. The monoisotopic (exact) mass is 417 g/mol. The van der Waals surface area contributed by atoms with E-state index in [1.165, 1.54) is 0 Å². The average molecular weight is 418 g/mol. The lowest BCUT2D eigenvalue weighted by atomic mass is 10.1. The van der Waals surface area contributed by atoms with Gasteiger partial charge in [-0.05, 0) is 55.5 Å². The zero-order chi connectivity index (χ0) is 21.4. The number of hydrogen-bond donors (Lipinski definition) is 2. The van der Waals surface area contributed by atoms with Crippen LogP contribution >= 0.6 is 11.3 Å². The highest BCUT2D eigenvalue weighted by Crippen LogP contribution is 2.17. The van der Waals surface area contributed by atoms with Gasteiger partial charge in [-0.25, -0.2) is 9.59 Å². The fourth-order valence-corrected chi connectivity index (χ4v) is 3.40. The number of esters is 1. The number of carbonyl (C=O) groups is 3. The molecule has 2 rings (SSSR count). The van der Waals surface area contributed by atoms with Crippen molar-refractivity contribution in [2.45, 2.75) is 39.9 Å². The van der Waals surface area contributed by atoms with Crippen LogP contribution in [0.3, 0.4) is 0 Å². The number of nitrogens with zero attached hydrogens (tertiary/aromatic N) is 1. The summed E-state index contributed by atoms with van der Waals surface area (Å²) in [6.07, 6.45) is 0. The van der Waals surface area contributed by atoms with Gasteiger partial charge in [0.1, 0.15) is 0 Å². The Morgan fingerprint density at radius 1 is 1.14 bits per heavy atom. The van der Waals surface area contributed by atoms with Gasteiger partial charge in [0.25, 0.3) is 5.91 Å². The van der Waals surface area contributed by atoms with Crippen LogP contribution in [0.5, 0.6) is 0 Å². The van der Waals surface area contributed by atoms with Crippen molar-refractivity contribution < 1.29 is 19.1 Å². The molecule has 2 aromatic rings. The molecule has 1 aromatic heterocycles. The number of benzene rings is 1. The average Bonchev–Trinajstić information content (AvgIpc) is 3.08. The Bertz CT molecular complexity index is 846. The summed E-state index contributed by atoms with van der Waals surface area (Å²) in [6.45, 7) is 6.29. The van der Waals surface area contributed by atoms with Crippen LogP contribution in [0, 0.1) is 6.92 Å². The summed E-state index contributed by atoms with van der Waals surface area (Å²) in [5.41, 5.74) is 2.34.